The van der Waals surface area contributed by atoms with Gasteiger partial charge < -0.3 is 15.4 Å². The molecule has 33 heavy (non-hydrogen) atoms. The molecule has 0 bridgehead atoms. The lowest BCUT2D eigenvalue weighted by Crippen LogP contribution is -2.27. The van der Waals surface area contributed by atoms with Gasteiger partial charge in [0.25, 0.3) is 5.91 Å². The molecule has 1 aliphatic heterocycles. The molecular formula is C26H32N4O3. The van der Waals surface area contributed by atoms with Crippen molar-refractivity contribution in [3.8, 4) is 0 Å². The number of carbonyl (C=O) groups excluding carboxylic acids is 2. The number of ether oxygens (including phenoxy) is 1. The summed E-state index contributed by atoms with van der Waals surface area (Å²) < 4.78 is 5.27. The smallest absolute Gasteiger partial charge is 0.313 e. The van der Waals surface area contributed by atoms with Gasteiger partial charge in [-0.05, 0) is 42.2 Å². The molecule has 3 aromatic rings. The third-order valence-corrected chi connectivity index (χ3v) is 5.62. The van der Waals surface area contributed by atoms with E-state index in [0.29, 0.717) is 37.0 Å². The Balaban J connectivity index is 0.00000149. The Kier molecular flexibility index (Phi) is 7.98. The SMILES string of the molecule is CC.CCCC(C(=O)OCC)c1ccc2nc(N)nc(C(=O)N3Cc4ccccc4C3)c2c1. The lowest BCUT2D eigenvalue weighted by molar-refractivity contribution is -0.145. The molecule has 0 aliphatic carbocycles. The molecule has 0 saturated heterocycles. The molecule has 1 amide bonds. The summed E-state index contributed by atoms with van der Waals surface area (Å²) in [7, 11) is 0. The number of hydrogen-bond donors (Lipinski definition) is 1. The number of nitrogen functional groups attached to an aromatic ring is 1. The van der Waals surface area contributed by atoms with Crippen LogP contribution in [0, 0.1) is 0 Å². The van der Waals surface area contributed by atoms with Crippen LogP contribution in [0.1, 0.15) is 73.6 Å². The lowest BCUT2D eigenvalue weighted by atomic mass is 9.93. The summed E-state index contributed by atoms with van der Waals surface area (Å²) in [4.78, 5) is 36.3. The molecular weight excluding hydrogens is 416 g/mol. The first kappa shape index (κ1) is 24.2. The summed E-state index contributed by atoms with van der Waals surface area (Å²) in [6.45, 7) is 9.20. The van der Waals surface area contributed by atoms with Crippen molar-refractivity contribution in [3.05, 3.63) is 64.8 Å². The molecule has 7 nitrogen and oxygen atoms in total. The molecule has 1 aliphatic rings. The fourth-order valence-corrected chi connectivity index (χ4v) is 4.12. The first-order chi connectivity index (χ1) is 16.0. The third-order valence-electron chi connectivity index (χ3n) is 5.62. The van der Waals surface area contributed by atoms with Gasteiger partial charge in [-0.2, -0.15) is 0 Å². The molecule has 1 atom stereocenters. The molecule has 0 saturated carbocycles. The van der Waals surface area contributed by atoms with Gasteiger partial charge >= 0.3 is 5.97 Å². The highest BCUT2D eigenvalue weighted by Gasteiger charge is 2.28. The minimum absolute atomic E-state index is 0.0517. The van der Waals surface area contributed by atoms with Crippen molar-refractivity contribution in [2.75, 3.05) is 12.3 Å². The van der Waals surface area contributed by atoms with Crippen LogP contribution in [0.3, 0.4) is 0 Å². The molecule has 2 aromatic carbocycles. The van der Waals surface area contributed by atoms with Gasteiger partial charge in [-0.15, -0.1) is 0 Å². The van der Waals surface area contributed by atoms with Crippen LogP contribution in [0.25, 0.3) is 10.9 Å². The zero-order valence-corrected chi connectivity index (χ0v) is 19.8. The van der Waals surface area contributed by atoms with E-state index in [1.165, 1.54) is 0 Å². The van der Waals surface area contributed by atoms with Crippen LogP contribution < -0.4 is 5.73 Å². The van der Waals surface area contributed by atoms with Crippen LogP contribution in [0.5, 0.6) is 0 Å². The number of anilines is 1. The normalized spacial score (nSPS) is 13.2. The fourth-order valence-electron chi connectivity index (χ4n) is 4.12. The molecule has 4 rings (SSSR count). The Hall–Kier alpha value is -3.48. The maximum Gasteiger partial charge on any atom is 0.313 e. The quantitative estimate of drug-likeness (QED) is 0.542. The van der Waals surface area contributed by atoms with E-state index < -0.39 is 5.92 Å². The lowest BCUT2D eigenvalue weighted by Gasteiger charge is -2.18. The predicted octanol–water partition coefficient (Wildman–Crippen LogP) is 4.84. The molecule has 1 unspecified atom stereocenters. The van der Waals surface area contributed by atoms with Crippen LogP contribution in [0.4, 0.5) is 5.95 Å². The van der Waals surface area contributed by atoms with Gasteiger partial charge in [0.05, 0.1) is 18.0 Å². The van der Waals surface area contributed by atoms with Crippen molar-refractivity contribution >= 4 is 28.7 Å². The Morgan fingerprint density at radius 1 is 1.06 bits per heavy atom. The monoisotopic (exact) mass is 448 g/mol. The highest BCUT2D eigenvalue weighted by Crippen LogP contribution is 2.30. The fraction of sp³-hybridized carbons (Fsp3) is 0.385. The van der Waals surface area contributed by atoms with Crippen molar-refractivity contribution < 1.29 is 14.3 Å². The van der Waals surface area contributed by atoms with E-state index in [-0.39, 0.29) is 23.5 Å². The average molecular weight is 449 g/mol. The molecule has 0 spiro atoms. The standard InChI is InChI=1S/C24H26N4O3.C2H6/c1-3-7-18(23(30)31-4-2)15-10-11-20-19(12-15)21(27-24(25)26-20)22(29)28-13-16-8-5-6-9-17(16)14-28;1-2/h5-6,8-12,18H,3-4,7,13-14H2,1-2H3,(H2,25,26,27);1-2H3. The van der Waals surface area contributed by atoms with Gasteiger partial charge in [-0.3, -0.25) is 9.59 Å². The molecule has 2 N–H and O–H groups in total. The van der Waals surface area contributed by atoms with Gasteiger partial charge in [-0.25, -0.2) is 9.97 Å². The van der Waals surface area contributed by atoms with E-state index in [4.69, 9.17) is 10.5 Å². The summed E-state index contributed by atoms with van der Waals surface area (Å²) in [5, 5.41) is 0.595. The summed E-state index contributed by atoms with van der Waals surface area (Å²) in [6, 6.07) is 13.5. The van der Waals surface area contributed by atoms with Crippen LogP contribution in [0.15, 0.2) is 42.5 Å². The Morgan fingerprint density at radius 3 is 2.33 bits per heavy atom. The molecule has 174 valence electrons. The van der Waals surface area contributed by atoms with Crippen LogP contribution in [-0.2, 0) is 22.6 Å². The third kappa shape index (κ3) is 5.13. The number of aromatic nitrogens is 2. The van der Waals surface area contributed by atoms with Crippen LogP contribution in [-0.4, -0.2) is 33.4 Å². The maximum absolute atomic E-state index is 13.4. The Bertz CT molecular complexity index is 1120. The summed E-state index contributed by atoms with van der Waals surface area (Å²) in [5.74, 6) is -0.805. The summed E-state index contributed by atoms with van der Waals surface area (Å²) in [5.41, 5.74) is 9.81. The van der Waals surface area contributed by atoms with Gasteiger partial charge in [0.1, 0.15) is 5.69 Å². The summed E-state index contributed by atoms with van der Waals surface area (Å²) >= 11 is 0. The topological polar surface area (TPSA) is 98.4 Å². The second-order valence-corrected chi connectivity index (χ2v) is 7.73. The first-order valence-electron chi connectivity index (χ1n) is 11.6. The second-order valence-electron chi connectivity index (χ2n) is 7.73. The minimum atomic E-state index is -0.397. The number of nitrogens with two attached hydrogens (primary N) is 1. The zero-order valence-electron chi connectivity index (χ0n) is 19.8. The van der Waals surface area contributed by atoms with Crippen molar-refractivity contribution in [2.45, 2.75) is 59.5 Å². The maximum atomic E-state index is 13.4. The number of rotatable bonds is 6. The predicted molar refractivity (Wildman–Crippen MR) is 130 cm³/mol. The molecule has 1 aromatic heterocycles. The van der Waals surface area contributed by atoms with Gasteiger partial charge in [-0.1, -0.05) is 57.5 Å². The minimum Gasteiger partial charge on any atom is -0.466 e. The first-order valence-corrected chi connectivity index (χ1v) is 11.6. The van der Waals surface area contributed by atoms with Crippen molar-refractivity contribution in [1.82, 2.24) is 14.9 Å². The van der Waals surface area contributed by atoms with Gasteiger partial charge in [0, 0.05) is 18.5 Å². The van der Waals surface area contributed by atoms with E-state index in [1.807, 2.05) is 57.2 Å². The average Bonchev–Trinajstić information content (AvgIpc) is 3.27. The van der Waals surface area contributed by atoms with Crippen molar-refractivity contribution in [2.24, 2.45) is 0 Å². The number of benzene rings is 2. The number of nitrogens with zero attached hydrogens (tertiary/aromatic N) is 3. The van der Waals surface area contributed by atoms with E-state index in [9.17, 15) is 9.59 Å². The van der Waals surface area contributed by atoms with Crippen LogP contribution in [0.2, 0.25) is 0 Å². The molecule has 7 heteroatoms. The number of hydrogen-bond acceptors (Lipinski definition) is 6. The molecule has 0 fully saturated rings. The highest BCUT2D eigenvalue weighted by atomic mass is 16.5. The highest BCUT2D eigenvalue weighted by molar-refractivity contribution is 6.05. The van der Waals surface area contributed by atoms with Crippen molar-refractivity contribution in [3.63, 3.8) is 0 Å². The molecule has 0 radical (unpaired) electrons. The number of carbonyl (C=O) groups is 2. The van der Waals surface area contributed by atoms with Crippen molar-refractivity contribution in [1.29, 1.82) is 0 Å². The Labute approximate surface area is 195 Å². The molecule has 2 heterocycles. The van der Waals surface area contributed by atoms with E-state index >= 15 is 0 Å². The number of esters is 1. The van der Waals surface area contributed by atoms with E-state index in [2.05, 4.69) is 9.97 Å². The van der Waals surface area contributed by atoms with Gasteiger partial charge in [0.15, 0.2) is 0 Å². The summed E-state index contributed by atoms with van der Waals surface area (Å²) in [6.07, 6.45) is 1.49. The number of amides is 1. The zero-order chi connectivity index (χ0) is 24.0. The van der Waals surface area contributed by atoms with E-state index in [1.54, 1.807) is 17.9 Å². The largest absolute Gasteiger partial charge is 0.466 e. The number of fused-ring (bicyclic) bond motifs is 2. The van der Waals surface area contributed by atoms with E-state index in [0.717, 1.165) is 23.1 Å². The Morgan fingerprint density at radius 2 is 1.73 bits per heavy atom. The van der Waals surface area contributed by atoms with Crippen LogP contribution >= 0.6 is 0 Å². The van der Waals surface area contributed by atoms with Gasteiger partial charge in [0.2, 0.25) is 5.95 Å². The second kappa shape index (κ2) is 10.9.